The van der Waals surface area contributed by atoms with Crippen LogP contribution in [0.4, 0.5) is 5.69 Å². The second kappa shape index (κ2) is 6.96. The van der Waals surface area contributed by atoms with E-state index in [1.54, 1.807) is 42.5 Å². The minimum absolute atomic E-state index is 0.0645. The molecule has 1 amide bonds. The number of nitrogens with zero attached hydrogens (tertiary/aromatic N) is 1. The third kappa shape index (κ3) is 3.21. The molecule has 22 heavy (non-hydrogen) atoms. The first-order chi connectivity index (χ1) is 10.6. The summed E-state index contributed by atoms with van der Waals surface area (Å²) in [6, 6.07) is 12.0. The molecule has 0 spiro atoms. The zero-order valence-electron chi connectivity index (χ0n) is 11.8. The van der Waals surface area contributed by atoms with Crippen molar-refractivity contribution in [3.05, 3.63) is 40.9 Å². The maximum Gasteiger partial charge on any atom is 0.238 e. The Morgan fingerprint density at radius 2 is 2.09 bits per heavy atom. The summed E-state index contributed by atoms with van der Waals surface area (Å²) in [5, 5.41) is 21.4. The molecule has 2 aromatic rings. The molecule has 2 aromatic carbocycles. The number of carbonyl (C=O) groups is 1. The van der Waals surface area contributed by atoms with E-state index in [1.165, 1.54) is 7.11 Å². The number of hydrogen-bond acceptors (Lipinski definition) is 4. The van der Waals surface area contributed by atoms with Crippen LogP contribution in [0, 0.1) is 11.3 Å². The van der Waals surface area contributed by atoms with E-state index in [1.807, 2.05) is 0 Å². The van der Waals surface area contributed by atoms with Crippen LogP contribution >= 0.6 is 15.9 Å². The van der Waals surface area contributed by atoms with Crippen molar-refractivity contribution in [3.8, 4) is 28.7 Å². The molecular formula is C16H13BrN2O3. The van der Waals surface area contributed by atoms with Gasteiger partial charge in [-0.15, -0.1) is 0 Å². The van der Waals surface area contributed by atoms with E-state index in [2.05, 4.69) is 21.2 Å². The van der Waals surface area contributed by atoms with Crippen LogP contribution in [0.5, 0.6) is 11.5 Å². The minimum Gasteiger partial charge on any atom is -0.507 e. The summed E-state index contributed by atoms with van der Waals surface area (Å²) in [7, 11) is 1.51. The van der Waals surface area contributed by atoms with Gasteiger partial charge in [-0.2, -0.15) is 5.26 Å². The van der Waals surface area contributed by atoms with Gasteiger partial charge in [0.25, 0.3) is 0 Å². The van der Waals surface area contributed by atoms with E-state index in [0.717, 1.165) is 0 Å². The van der Waals surface area contributed by atoms with Crippen molar-refractivity contribution in [1.29, 1.82) is 5.26 Å². The Morgan fingerprint density at radius 3 is 2.73 bits per heavy atom. The van der Waals surface area contributed by atoms with Crippen LogP contribution < -0.4 is 10.1 Å². The zero-order chi connectivity index (χ0) is 16.1. The van der Waals surface area contributed by atoms with E-state index in [9.17, 15) is 9.90 Å². The van der Waals surface area contributed by atoms with Gasteiger partial charge >= 0.3 is 0 Å². The van der Waals surface area contributed by atoms with Crippen molar-refractivity contribution in [2.24, 2.45) is 0 Å². The lowest BCUT2D eigenvalue weighted by atomic mass is 10.0. The maximum absolute atomic E-state index is 11.8. The lowest BCUT2D eigenvalue weighted by molar-refractivity contribution is -0.115. The van der Waals surface area contributed by atoms with Crippen molar-refractivity contribution in [3.63, 3.8) is 0 Å². The van der Waals surface area contributed by atoms with Crippen LogP contribution in [0.3, 0.4) is 0 Å². The van der Waals surface area contributed by atoms with Crippen LogP contribution in [-0.4, -0.2) is 18.1 Å². The molecule has 0 bridgehead atoms. The number of para-hydroxylation sites is 1. The van der Waals surface area contributed by atoms with Crippen LogP contribution in [-0.2, 0) is 4.79 Å². The van der Waals surface area contributed by atoms with Gasteiger partial charge in [0.15, 0.2) is 0 Å². The number of amides is 1. The highest BCUT2D eigenvalue weighted by Gasteiger charge is 2.19. The fourth-order valence-corrected chi connectivity index (χ4v) is 2.49. The van der Waals surface area contributed by atoms with Crippen molar-refractivity contribution in [2.45, 2.75) is 6.42 Å². The molecule has 2 rings (SSSR count). The van der Waals surface area contributed by atoms with Crippen LogP contribution in [0.2, 0.25) is 0 Å². The first kappa shape index (κ1) is 15.9. The number of nitrogens with one attached hydrogen (secondary N) is 1. The molecule has 2 N–H and O–H groups in total. The Kier molecular flexibility index (Phi) is 5.02. The SMILES string of the molecule is COc1ccc(Br)c(NC(=O)CC#N)c1-c1ccccc1O. The van der Waals surface area contributed by atoms with Gasteiger partial charge in [-0.3, -0.25) is 4.79 Å². The summed E-state index contributed by atoms with van der Waals surface area (Å²) in [4.78, 5) is 11.8. The molecule has 0 saturated carbocycles. The number of ether oxygens (including phenoxy) is 1. The number of halogens is 1. The Hall–Kier alpha value is -2.52. The molecule has 0 fully saturated rings. The second-order valence-corrected chi connectivity index (χ2v) is 5.25. The molecule has 0 aromatic heterocycles. The normalized spacial score (nSPS) is 9.86. The summed E-state index contributed by atoms with van der Waals surface area (Å²) >= 11 is 3.38. The highest BCUT2D eigenvalue weighted by atomic mass is 79.9. The lowest BCUT2D eigenvalue weighted by Gasteiger charge is -2.17. The number of anilines is 1. The fourth-order valence-electron chi connectivity index (χ4n) is 2.06. The Morgan fingerprint density at radius 1 is 1.36 bits per heavy atom. The van der Waals surface area contributed by atoms with E-state index in [-0.39, 0.29) is 12.2 Å². The van der Waals surface area contributed by atoms with Crippen molar-refractivity contribution < 1.29 is 14.6 Å². The van der Waals surface area contributed by atoms with Gasteiger partial charge in [0.1, 0.15) is 17.9 Å². The molecule has 0 saturated heterocycles. The third-order valence-corrected chi connectivity index (χ3v) is 3.67. The van der Waals surface area contributed by atoms with Crippen molar-refractivity contribution >= 4 is 27.5 Å². The van der Waals surface area contributed by atoms with Crippen LogP contribution in [0.1, 0.15) is 6.42 Å². The quantitative estimate of drug-likeness (QED) is 0.870. The number of phenols is 1. The molecule has 5 nitrogen and oxygen atoms in total. The van der Waals surface area contributed by atoms with Gasteiger partial charge in [0, 0.05) is 10.0 Å². The lowest BCUT2D eigenvalue weighted by Crippen LogP contribution is -2.12. The number of rotatable bonds is 4. The largest absolute Gasteiger partial charge is 0.507 e. The first-order valence-electron chi connectivity index (χ1n) is 6.40. The summed E-state index contributed by atoms with van der Waals surface area (Å²) in [5.41, 5.74) is 1.51. The predicted octanol–water partition coefficient (Wildman–Crippen LogP) is 3.68. The average Bonchev–Trinajstić information content (AvgIpc) is 2.50. The number of nitriles is 1. The third-order valence-electron chi connectivity index (χ3n) is 3.01. The van der Waals surface area contributed by atoms with Crippen molar-refractivity contribution in [1.82, 2.24) is 0 Å². The second-order valence-electron chi connectivity index (χ2n) is 4.40. The van der Waals surface area contributed by atoms with E-state index in [4.69, 9.17) is 10.00 Å². The minimum atomic E-state index is -0.437. The fraction of sp³-hybridized carbons (Fsp3) is 0.125. The Bertz CT molecular complexity index is 754. The zero-order valence-corrected chi connectivity index (χ0v) is 13.3. The summed E-state index contributed by atoms with van der Waals surface area (Å²) in [6.45, 7) is 0. The van der Waals surface area contributed by atoms with Gasteiger partial charge in [0.2, 0.25) is 5.91 Å². The smallest absolute Gasteiger partial charge is 0.238 e. The molecule has 0 radical (unpaired) electrons. The van der Waals surface area contributed by atoms with E-state index in [0.29, 0.717) is 27.0 Å². The maximum atomic E-state index is 11.8. The molecule has 0 aliphatic rings. The standard InChI is InChI=1S/C16H13BrN2O3/c1-22-13-7-6-11(17)16(19-14(21)8-9-18)15(13)10-4-2-3-5-12(10)20/h2-7,20H,8H2,1H3,(H,19,21). The van der Waals surface area contributed by atoms with E-state index >= 15 is 0 Å². The summed E-state index contributed by atoms with van der Waals surface area (Å²) in [5.74, 6) is 0.125. The number of hydrogen-bond donors (Lipinski definition) is 2. The molecule has 0 aliphatic heterocycles. The number of phenolic OH excluding ortho intramolecular Hbond substituents is 1. The number of aromatic hydroxyl groups is 1. The summed E-state index contributed by atoms with van der Waals surface area (Å²) < 4.78 is 5.97. The molecular weight excluding hydrogens is 348 g/mol. The Balaban J connectivity index is 2.64. The van der Waals surface area contributed by atoms with Gasteiger partial charge < -0.3 is 15.2 Å². The van der Waals surface area contributed by atoms with Gasteiger partial charge in [-0.1, -0.05) is 18.2 Å². The molecule has 112 valence electrons. The Labute approximate surface area is 136 Å². The highest BCUT2D eigenvalue weighted by Crippen LogP contribution is 2.44. The summed E-state index contributed by atoms with van der Waals surface area (Å²) in [6.07, 6.45) is -0.260. The average molecular weight is 361 g/mol. The van der Waals surface area contributed by atoms with Gasteiger partial charge in [0.05, 0.1) is 24.4 Å². The number of carbonyl (C=O) groups excluding carboxylic acids is 1. The molecule has 6 heteroatoms. The molecule has 0 unspecified atom stereocenters. The first-order valence-corrected chi connectivity index (χ1v) is 7.19. The number of benzene rings is 2. The van der Waals surface area contributed by atoms with Gasteiger partial charge in [-0.05, 0) is 34.1 Å². The molecule has 0 atom stereocenters. The molecule has 0 aliphatic carbocycles. The monoisotopic (exact) mass is 360 g/mol. The van der Waals surface area contributed by atoms with Gasteiger partial charge in [-0.25, -0.2) is 0 Å². The topological polar surface area (TPSA) is 82.3 Å². The van der Waals surface area contributed by atoms with E-state index < -0.39 is 5.91 Å². The van der Waals surface area contributed by atoms with Crippen molar-refractivity contribution in [2.75, 3.05) is 12.4 Å². The molecule has 0 heterocycles. The van der Waals surface area contributed by atoms with Crippen LogP contribution in [0.25, 0.3) is 11.1 Å². The highest BCUT2D eigenvalue weighted by molar-refractivity contribution is 9.10. The predicted molar refractivity (Wildman–Crippen MR) is 86.7 cm³/mol. The van der Waals surface area contributed by atoms with Crippen LogP contribution in [0.15, 0.2) is 40.9 Å². The number of methoxy groups -OCH3 is 1.